The highest BCUT2D eigenvalue weighted by atomic mass is 127. The number of nitrogens with zero attached hydrogens (tertiary/aromatic N) is 1. The van der Waals surface area contributed by atoms with Gasteiger partial charge in [-0.3, -0.25) is 4.79 Å². The highest BCUT2D eigenvalue weighted by molar-refractivity contribution is 14.1. The van der Waals surface area contributed by atoms with Crippen molar-refractivity contribution in [1.82, 2.24) is 5.32 Å². The van der Waals surface area contributed by atoms with Gasteiger partial charge in [0.05, 0.1) is 17.7 Å². The molecule has 0 radical (unpaired) electrons. The monoisotopic (exact) mass is 736 g/mol. The first-order valence-electron chi connectivity index (χ1n) is 11.0. The number of hydrogen-bond acceptors (Lipinski definition) is 4. The molecule has 0 atom stereocenters. The Kier molecular flexibility index (Phi) is 7.90. The van der Waals surface area contributed by atoms with Crippen LogP contribution in [-0.4, -0.2) is 11.1 Å². The fraction of sp³-hybridized carbons (Fsp3) is 0.0714. The summed E-state index contributed by atoms with van der Waals surface area (Å²) < 4.78 is 8.23. The molecule has 0 unspecified atom stereocenters. The van der Waals surface area contributed by atoms with Gasteiger partial charge >= 0.3 is 0 Å². The third-order valence-corrected chi connectivity index (χ3v) is 8.60. The van der Waals surface area contributed by atoms with Crippen LogP contribution in [0.4, 0.5) is 5.69 Å². The number of hydrogen-bond donors (Lipinski definition) is 1. The molecule has 0 bridgehead atoms. The van der Waals surface area contributed by atoms with Gasteiger partial charge in [-0.25, -0.2) is 4.99 Å². The van der Waals surface area contributed by atoms with Crippen LogP contribution in [0, 0.1) is 14.1 Å². The maximum atomic E-state index is 12.6. The Morgan fingerprint density at radius 1 is 1.03 bits per heavy atom. The van der Waals surface area contributed by atoms with E-state index in [1.54, 1.807) is 0 Å². The van der Waals surface area contributed by atoms with E-state index >= 15 is 0 Å². The minimum absolute atomic E-state index is 0.167. The van der Waals surface area contributed by atoms with Crippen molar-refractivity contribution < 1.29 is 9.53 Å². The first kappa shape index (κ1) is 25.6. The third kappa shape index (κ3) is 5.58. The van der Waals surface area contributed by atoms with Crippen molar-refractivity contribution in [2.24, 2.45) is 4.99 Å². The molecule has 1 N–H and O–H groups in total. The lowest BCUT2D eigenvalue weighted by molar-refractivity contribution is -0.115. The summed E-state index contributed by atoms with van der Waals surface area (Å²) in [6.07, 6.45) is 1.88. The second-order valence-corrected chi connectivity index (χ2v) is 11.9. The average Bonchev–Trinajstić information content (AvgIpc) is 3.20. The number of halogens is 3. The largest absolute Gasteiger partial charge is 0.487 e. The number of amidine groups is 1. The molecule has 1 aliphatic heterocycles. The molecule has 0 spiro atoms. The minimum atomic E-state index is -0.167. The van der Waals surface area contributed by atoms with E-state index in [-0.39, 0.29) is 5.91 Å². The summed E-state index contributed by atoms with van der Waals surface area (Å²) in [7, 11) is 0. The highest BCUT2D eigenvalue weighted by Crippen LogP contribution is 2.34. The number of ether oxygens (including phenoxy) is 1. The zero-order valence-corrected chi connectivity index (χ0v) is 24.9. The average molecular weight is 737 g/mol. The normalized spacial score (nSPS) is 15.6. The zero-order valence-electron chi connectivity index (χ0n) is 19.0. The molecule has 4 aromatic carbocycles. The van der Waals surface area contributed by atoms with Crippen molar-refractivity contribution in [2.45, 2.75) is 13.5 Å². The van der Waals surface area contributed by atoms with E-state index in [0.717, 1.165) is 35.3 Å². The molecular weight excluding hydrogens is 718 g/mol. The van der Waals surface area contributed by atoms with Crippen molar-refractivity contribution in [3.8, 4) is 5.75 Å². The van der Waals surface area contributed by atoms with E-state index in [1.165, 1.54) is 22.5 Å². The molecular formula is C28H19ClI2N2O2S. The summed E-state index contributed by atoms with van der Waals surface area (Å²) in [6.45, 7) is 2.39. The molecule has 180 valence electrons. The predicted octanol–water partition coefficient (Wildman–Crippen LogP) is 8.48. The van der Waals surface area contributed by atoms with Crippen molar-refractivity contribution >= 4 is 102 Å². The molecule has 1 aliphatic rings. The van der Waals surface area contributed by atoms with E-state index in [0.29, 0.717) is 21.7 Å². The van der Waals surface area contributed by atoms with Gasteiger partial charge < -0.3 is 10.1 Å². The number of benzene rings is 4. The van der Waals surface area contributed by atoms with Gasteiger partial charge in [0.2, 0.25) is 0 Å². The van der Waals surface area contributed by atoms with Crippen LogP contribution in [0.1, 0.15) is 16.7 Å². The lowest BCUT2D eigenvalue weighted by Crippen LogP contribution is -2.19. The van der Waals surface area contributed by atoms with Crippen LogP contribution in [0.25, 0.3) is 16.8 Å². The number of amides is 1. The predicted molar refractivity (Wildman–Crippen MR) is 167 cm³/mol. The Hall–Kier alpha value is -2.08. The smallest absolute Gasteiger partial charge is 0.264 e. The standard InChI is InChI=1S/C28H19ClI2N2O2S/c1-16-21(29)10-5-11-24(16)32-28-33-27(34)25(36-28)14-17-12-22(30)26(23(31)13-17)35-15-19-8-4-7-18-6-2-3-9-20(18)19/h2-14H,15H2,1H3,(H,32,33,34)/b25-14+. The lowest BCUT2D eigenvalue weighted by Gasteiger charge is -2.13. The number of carbonyl (C=O) groups is 1. The van der Waals surface area contributed by atoms with Gasteiger partial charge in [0.15, 0.2) is 5.17 Å². The third-order valence-electron chi connectivity index (χ3n) is 5.68. The minimum Gasteiger partial charge on any atom is -0.487 e. The van der Waals surface area contributed by atoms with Crippen molar-refractivity contribution in [2.75, 3.05) is 0 Å². The second kappa shape index (κ2) is 11.1. The fourth-order valence-corrected chi connectivity index (χ4v) is 6.96. The Morgan fingerprint density at radius 2 is 1.75 bits per heavy atom. The SMILES string of the molecule is Cc1c(Cl)cccc1N=C1NC(=O)/C(=C\c2cc(I)c(OCc3cccc4ccccc34)c(I)c2)S1. The van der Waals surface area contributed by atoms with Gasteiger partial charge in [0.1, 0.15) is 12.4 Å². The van der Waals surface area contributed by atoms with Crippen LogP contribution < -0.4 is 10.1 Å². The quantitative estimate of drug-likeness (QED) is 0.165. The highest BCUT2D eigenvalue weighted by Gasteiger charge is 2.24. The van der Waals surface area contributed by atoms with Gasteiger partial charge in [-0.05, 0) is 122 Å². The van der Waals surface area contributed by atoms with Crippen LogP contribution in [0.2, 0.25) is 5.02 Å². The molecule has 8 heteroatoms. The van der Waals surface area contributed by atoms with Crippen molar-refractivity contribution in [3.05, 3.63) is 107 Å². The van der Waals surface area contributed by atoms with Gasteiger partial charge in [0, 0.05) is 5.02 Å². The first-order chi connectivity index (χ1) is 17.4. The molecule has 1 amide bonds. The first-order valence-corrected chi connectivity index (χ1v) is 14.4. The summed E-state index contributed by atoms with van der Waals surface area (Å²) in [5.74, 6) is 0.674. The maximum Gasteiger partial charge on any atom is 0.264 e. The number of carbonyl (C=O) groups excluding carboxylic acids is 1. The lowest BCUT2D eigenvalue weighted by atomic mass is 10.1. The number of aliphatic imine (C=N–C) groups is 1. The molecule has 0 aliphatic carbocycles. The van der Waals surface area contributed by atoms with Crippen LogP contribution >= 0.6 is 68.5 Å². The van der Waals surface area contributed by atoms with Gasteiger partial charge in [0.25, 0.3) is 5.91 Å². The maximum absolute atomic E-state index is 12.6. The van der Waals surface area contributed by atoms with Crippen LogP contribution in [0.15, 0.2) is 82.7 Å². The summed E-state index contributed by atoms with van der Waals surface area (Å²) >= 11 is 12.1. The number of nitrogens with one attached hydrogen (secondary N) is 1. The van der Waals surface area contributed by atoms with Crippen molar-refractivity contribution in [3.63, 3.8) is 0 Å². The van der Waals surface area contributed by atoms with Gasteiger partial charge in [-0.1, -0.05) is 60.1 Å². The summed E-state index contributed by atoms with van der Waals surface area (Å²) in [4.78, 5) is 17.8. The van der Waals surface area contributed by atoms with E-state index in [4.69, 9.17) is 16.3 Å². The van der Waals surface area contributed by atoms with Gasteiger partial charge in [-0.2, -0.15) is 0 Å². The zero-order chi connectivity index (χ0) is 25.2. The summed E-state index contributed by atoms with van der Waals surface area (Å²) in [6, 6.07) is 24.2. The van der Waals surface area contributed by atoms with E-state index in [1.807, 2.05) is 55.5 Å². The molecule has 1 fully saturated rings. The van der Waals surface area contributed by atoms with E-state index < -0.39 is 0 Å². The fourth-order valence-electron chi connectivity index (χ4n) is 3.83. The number of thioether (sulfide) groups is 1. The molecule has 0 saturated carbocycles. The Bertz CT molecular complexity index is 1540. The topological polar surface area (TPSA) is 50.7 Å². The van der Waals surface area contributed by atoms with Crippen LogP contribution in [0.5, 0.6) is 5.75 Å². The van der Waals surface area contributed by atoms with Crippen LogP contribution in [-0.2, 0) is 11.4 Å². The van der Waals surface area contributed by atoms with Crippen molar-refractivity contribution in [1.29, 1.82) is 0 Å². The Morgan fingerprint density at radius 3 is 2.56 bits per heavy atom. The molecule has 5 rings (SSSR count). The molecule has 4 nitrogen and oxygen atoms in total. The van der Waals surface area contributed by atoms with E-state index in [9.17, 15) is 4.79 Å². The Balaban J connectivity index is 1.35. The molecule has 1 heterocycles. The van der Waals surface area contributed by atoms with Crippen LogP contribution in [0.3, 0.4) is 0 Å². The second-order valence-electron chi connectivity index (χ2n) is 8.11. The summed E-state index contributed by atoms with van der Waals surface area (Å²) in [5, 5.41) is 6.43. The number of rotatable bonds is 5. The molecule has 1 saturated heterocycles. The Labute approximate surface area is 245 Å². The molecule has 36 heavy (non-hydrogen) atoms. The molecule has 4 aromatic rings. The summed E-state index contributed by atoms with van der Waals surface area (Å²) in [5.41, 5.74) is 3.69. The number of fused-ring (bicyclic) bond motifs is 1. The van der Waals surface area contributed by atoms with E-state index in [2.05, 4.69) is 85.8 Å². The molecule has 0 aromatic heterocycles. The van der Waals surface area contributed by atoms with Gasteiger partial charge in [-0.15, -0.1) is 0 Å².